The molecule has 0 radical (unpaired) electrons. The summed E-state index contributed by atoms with van der Waals surface area (Å²) in [6, 6.07) is 2.36. The van der Waals surface area contributed by atoms with Gasteiger partial charge in [-0.05, 0) is 63.2 Å². The van der Waals surface area contributed by atoms with Crippen LogP contribution in [0.2, 0.25) is 0 Å². The molecule has 0 aromatic carbocycles. The third kappa shape index (κ3) is 4.52. The first-order valence-corrected chi connectivity index (χ1v) is 9.66. The van der Waals surface area contributed by atoms with Crippen LogP contribution in [0.3, 0.4) is 0 Å². The molecule has 3 unspecified atom stereocenters. The van der Waals surface area contributed by atoms with Gasteiger partial charge in [-0.15, -0.1) is 0 Å². The molecule has 0 aromatic rings. The summed E-state index contributed by atoms with van der Waals surface area (Å²) in [6.45, 7) is 2.51. The summed E-state index contributed by atoms with van der Waals surface area (Å²) in [5.74, 6) is 1.12. The predicted octanol–water partition coefficient (Wildman–Crippen LogP) is 1.99. The SMILES string of the molecule is CC(=O)OC1C[C@H]2CCC(NCC(=O)N3CCCCC3C#N)C[C@H]2C1. The molecule has 0 bridgehead atoms. The van der Waals surface area contributed by atoms with E-state index in [1.165, 1.54) is 6.92 Å². The Morgan fingerprint density at radius 3 is 2.72 bits per heavy atom. The van der Waals surface area contributed by atoms with Crippen LogP contribution in [0, 0.1) is 23.2 Å². The van der Waals surface area contributed by atoms with Crippen molar-refractivity contribution in [3.8, 4) is 6.07 Å². The number of nitrogens with zero attached hydrogens (tertiary/aromatic N) is 2. The summed E-state index contributed by atoms with van der Waals surface area (Å²) in [7, 11) is 0. The molecule has 138 valence electrons. The molecule has 6 heteroatoms. The van der Waals surface area contributed by atoms with Crippen molar-refractivity contribution in [3.05, 3.63) is 0 Å². The van der Waals surface area contributed by atoms with Crippen molar-refractivity contribution >= 4 is 11.9 Å². The Balaban J connectivity index is 1.44. The van der Waals surface area contributed by atoms with Gasteiger partial charge in [0.25, 0.3) is 0 Å². The summed E-state index contributed by atoms with van der Waals surface area (Å²) in [4.78, 5) is 25.4. The van der Waals surface area contributed by atoms with E-state index in [1.807, 2.05) is 0 Å². The number of fused-ring (bicyclic) bond motifs is 1. The van der Waals surface area contributed by atoms with E-state index in [-0.39, 0.29) is 24.0 Å². The monoisotopic (exact) mass is 347 g/mol. The molecule has 1 amide bonds. The van der Waals surface area contributed by atoms with Gasteiger partial charge in [0.2, 0.25) is 5.91 Å². The maximum Gasteiger partial charge on any atom is 0.302 e. The highest BCUT2D eigenvalue weighted by atomic mass is 16.5. The van der Waals surface area contributed by atoms with Crippen molar-refractivity contribution in [1.82, 2.24) is 10.2 Å². The molecule has 1 heterocycles. The van der Waals surface area contributed by atoms with Crippen molar-refractivity contribution in [2.24, 2.45) is 11.8 Å². The molecule has 3 rings (SSSR count). The maximum atomic E-state index is 12.5. The largest absolute Gasteiger partial charge is 0.463 e. The second-order valence-corrected chi connectivity index (χ2v) is 7.84. The highest BCUT2D eigenvalue weighted by Gasteiger charge is 2.40. The molecular formula is C19H29N3O3. The van der Waals surface area contributed by atoms with Crippen LogP contribution in [0.5, 0.6) is 0 Å². The van der Waals surface area contributed by atoms with E-state index in [4.69, 9.17) is 4.74 Å². The van der Waals surface area contributed by atoms with Gasteiger partial charge in [0, 0.05) is 19.5 Å². The standard InChI is InChI=1S/C19H29N3O3/c1-13(23)25-18-9-14-5-6-16(8-15(14)10-18)21-12-19(24)22-7-3-2-4-17(22)11-20/h14-18,21H,2-10,12H2,1H3/t14-,15+,16?,17?,18?/m1/s1. The van der Waals surface area contributed by atoms with Crippen LogP contribution in [0.1, 0.15) is 58.3 Å². The molecule has 3 aliphatic rings. The van der Waals surface area contributed by atoms with Crippen LogP contribution in [-0.4, -0.2) is 48.1 Å². The molecule has 25 heavy (non-hydrogen) atoms. The second-order valence-electron chi connectivity index (χ2n) is 7.84. The number of nitrogens with one attached hydrogen (secondary N) is 1. The summed E-state index contributed by atoms with van der Waals surface area (Å²) >= 11 is 0. The van der Waals surface area contributed by atoms with Gasteiger partial charge in [-0.1, -0.05) is 0 Å². The van der Waals surface area contributed by atoms with Crippen molar-refractivity contribution in [3.63, 3.8) is 0 Å². The van der Waals surface area contributed by atoms with E-state index in [0.717, 1.165) is 51.4 Å². The summed E-state index contributed by atoms with van der Waals surface area (Å²) < 4.78 is 5.39. The average Bonchev–Trinajstić information content (AvgIpc) is 3.00. The quantitative estimate of drug-likeness (QED) is 0.787. The first kappa shape index (κ1) is 18.2. The molecular weight excluding hydrogens is 318 g/mol. The topological polar surface area (TPSA) is 82.4 Å². The Morgan fingerprint density at radius 1 is 1.16 bits per heavy atom. The number of hydrogen-bond acceptors (Lipinski definition) is 5. The zero-order valence-corrected chi connectivity index (χ0v) is 15.1. The lowest BCUT2D eigenvalue weighted by Gasteiger charge is -2.34. The molecule has 0 spiro atoms. The lowest BCUT2D eigenvalue weighted by atomic mass is 9.79. The Labute approximate surface area is 149 Å². The zero-order chi connectivity index (χ0) is 17.8. The molecule has 6 nitrogen and oxygen atoms in total. The fourth-order valence-corrected chi connectivity index (χ4v) is 4.91. The van der Waals surface area contributed by atoms with E-state index in [1.54, 1.807) is 4.90 Å². The van der Waals surface area contributed by atoms with Gasteiger partial charge in [-0.3, -0.25) is 9.59 Å². The predicted molar refractivity (Wildman–Crippen MR) is 92.4 cm³/mol. The number of hydrogen-bond donors (Lipinski definition) is 1. The van der Waals surface area contributed by atoms with Gasteiger partial charge < -0.3 is 15.0 Å². The normalized spacial score (nSPS) is 34.9. The fourth-order valence-electron chi connectivity index (χ4n) is 4.91. The smallest absolute Gasteiger partial charge is 0.302 e. The van der Waals surface area contributed by atoms with Crippen molar-refractivity contribution in [1.29, 1.82) is 5.26 Å². The van der Waals surface area contributed by atoms with Crippen LogP contribution in [-0.2, 0) is 14.3 Å². The lowest BCUT2D eigenvalue weighted by molar-refractivity contribution is -0.146. The molecule has 2 aliphatic carbocycles. The van der Waals surface area contributed by atoms with Gasteiger partial charge in [0.1, 0.15) is 12.1 Å². The van der Waals surface area contributed by atoms with Crippen molar-refractivity contribution in [2.75, 3.05) is 13.1 Å². The molecule has 1 aliphatic heterocycles. The maximum absolute atomic E-state index is 12.5. The number of esters is 1. The number of nitriles is 1. The van der Waals surface area contributed by atoms with Gasteiger partial charge in [0.15, 0.2) is 0 Å². The summed E-state index contributed by atoms with van der Waals surface area (Å²) in [5, 5.41) is 12.6. The van der Waals surface area contributed by atoms with Gasteiger partial charge in [0.05, 0.1) is 12.6 Å². The fraction of sp³-hybridized carbons (Fsp3) is 0.842. The van der Waals surface area contributed by atoms with Crippen molar-refractivity contribution < 1.29 is 14.3 Å². The Bertz CT molecular complexity index is 545. The van der Waals surface area contributed by atoms with Crippen LogP contribution < -0.4 is 5.32 Å². The zero-order valence-electron chi connectivity index (χ0n) is 15.1. The Hall–Kier alpha value is -1.61. The second kappa shape index (κ2) is 8.18. The third-order valence-electron chi connectivity index (χ3n) is 6.12. The van der Waals surface area contributed by atoms with Crippen molar-refractivity contribution in [2.45, 2.75) is 76.5 Å². The number of carbonyl (C=O) groups excluding carboxylic acids is 2. The highest BCUT2D eigenvalue weighted by Crippen LogP contribution is 2.43. The van der Waals surface area contributed by atoms with E-state index in [9.17, 15) is 14.9 Å². The minimum atomic E-state index is -0.252. The number of amides is 1. The minimum Gasteiger partial charge on any atom is -0.463 e. The summed E-state index contributed by atoms with van der Waals surface area (Å²) in [6.07, 6.45) is 8.12. The Kier molecular flexibility index (Phi) is 5.95. The number of ether oxygens (including phenoxy) is 1. The van der Waals surface area contributed by atoms with E-state index in [2.05, 4.69) is 11.4 Å². The molecule has 0 aromatic heterocycles. The number of carbonyl (C=O) groups is 2. The third-order valence-corrected chi connectivity index (χ3v) is 6.12. The number of likely N-dealkylation sites (tertiary alicyclic amines) is 1. The first-order valence-electron chi connectivity index (χ1n) is 9.66. The van der Waals surface area contributed by atoms with Gasteiger partial charge in [-0.2, -0.15) is 5.26 Å². The number of rotatable bonds is 4. The van der Waals surface area contributed by atoms with Crippen LogP contribution in [0.25, 0.3) is 0 Å². The minimum absolute atomic E-state index is 0.0533. The lowest BCUT2D eigenvalue weighted by Crippen LogP contribution is -2.48. The molecule has 1 saturated heterocycles. The van der Waals surface area contributed by atoms with E-state index < -0.39 is 0 Å². The van der Waals surface area contributed by atoms with Crippen LogP contribution in [0.15, 0.2) is 0 Å². The average molecular weight is 347 g/mol. The van der Waals surface area contributed by atoms with E-state index >= 15 is 0 Å². The molecule has 5 atom stereocenters. The Morgan fingerprint density at radius 2 is 1.96 bits per heavy atom. The molecule has 3 fully saturated rings. The first-order chi connectivity index (χ1) is 12.1. The highest BCUT2D eigenvalue weighted by molar-refractivity contribution is 5.79. The van der Waals surface area contributed by atoms with Crippen LogP contribution >= 0.6 is 0 Å². The summed E-state index contributed by atoms with van der Waals surface area (Å²) in [5.41, 5.74) is 0. The van der Waals surface area contributed by atoms with E-state index in [0.29, 0.717) is 31.0 Å². The van der Waals surface area contributed by atoms with Crippen LogP contribution in [0.4, 0.5) is 0 Å². The molecule has 1 N–H and O–H groups in total. The molecule has 2 saturated carbocycles. The number of piperidine rings is 1. The van der Waals surface area contributed by atoms with Gasteiger partial charge in [-0.25, -0.2) is 0 Å². The van der Waals surface area contributed by atoms with Gasteiger partial charge >= 0.3 is 5.97 Å².